The van der Waals surface area contributed by atoms with Crippen LogP contribution in [0.25, 0.3) is 0 Å². The van der Waals surface area contributed by atoms with E-state index in [1.54, 1.807) is 21.1 Å². The highest BCUT2D eigenvalue weighted by atomic mass is 16.5. The van der Waals surface area contributed by atoms with E-state index in [1.165, 1.54) is 9.91 Å². The number of rotatable bonds is 6. The molecular weight excluding hydrogens is 354 g/mol. The van der Waals surface area contributed by atoms with Gasteiger partial charge in [0.2, 0.25) is 5.91 Å². The van der Waals surface area contributed by atoms with Gasteiger partial charge < -0.3 is 9.64 Å². The Morgan fingerprint density at radius 1 is 1.14 bits per heavy atom. The summed E-state index contributed by atoms with van der Waals surface area (Å²) >= 11 is 0. The number of carbonyl (C=O) groups excluding carboxylic acids is 2. The van der Waals surface area contributed by atoms with Crippen LogP contribution in [0.15, 0.2) is 59.7 Å². The van der Waals surface area contributed by atoms with Crippen LogP contribution in [0.2, 0.25) is 0 Å². The second-order valence-corrected chi connectivity index (χ2v) is 6.75. The molecule has 28 heavy (non-hydrogen) atoms. The number of hydrazone groups is 1. The van der Waals surface area contributed by atoms with Gasteiger partial charge in [-0.15, -0.1) is 0 Å². The van der Waals surface area contributed by atoms with Gasteiger partial charge in [0.1, 0.15) is 12.3 Å². The number of ether oxygens (including phenoxy) is 1. The molecule has 0 saturated heterocycles. The summed E-state index contributed by atoms with van der Waals surface area (Å²) in [4.78, 5) is 26.3. The number of methoxy groups -OCH3 is 1. The standard InChI is InChI=1S/C22H25N3O3/c1-4-21(26)24(2)15-22(27)25-20(17-8-6-5-7-9-17)14-19(23-25)16-10-12-18(28-3)13-11-16/h5-13,20H,4,14-15H2,1-3H3. The largest absolute Gasteiger partial charge is 0.497 e. The predicted molar refractivity (Wildman–Crippen MR) is 108 cm³/mol. The third-order valence-electron chi connectivity index (χ3n) is 4.87. The van der Waals surface area contributed by atoms with Gasteiger partial charge in [-0.05, 0) is 35.4 Å². The van der Waals surface area contributed by atoms with Crippen LogP contribution >= 0.6 is 0 Å². The highest BCUT2D eigenvalue weighted by Gasteiger charge is 2.33. The first-order valence-electron chi connectivity index (χ1n) is 9.36. The lowest BCUT2D eigenvalue weighted by molar-refractivity contribution is -0.140. The van der Waals surface area contributed by atoms with Crippen LogP contribution in [-0.4, -0.2) is 48.1 Å². The number of nitrogens with zero attached hydrogens (tertiary/aromatic N) is 3. The summed E-state index contributed by atoms with van der Waals surface area (Å²) in [5, 5.41) is 6.15. The van der Waals surface area contributed by atoms with Crippen molar-refractivity contribution < 1.29 is 14.3 Å². The van der Waals surface area contributed by atoms with Gasteiger partial charge in [0.25, 0.3) is 5.91 Å². The lowest BCUT2D eigenvalue weighted by atomic mass is 9.98. The number of hydrogen-bond donors (Lipinski definition) is 0. The molecule has 1 aliphatic heterocycles. The number of likely N-dealkylation sites (N-methyl/N-ethyl adjacent to an activating group) is 1. The normalized spacial score (nSPS) is 15.9. The van der Waals surface area contributed by atoms with Crippen LogP contribution in [-0.2, 0) is 9.59 Å². The van der Waals surface area contributed by atoms with E-state index in [2.05, 4.69) is 5.10 Å². The molecule has 1 aliphatic rings. The fourth-order valence-electron chi connectivity index (χ4n) is 3.27. The maximum Gasteiger partial charge on any atom is 0.262 e. The lowest BCUT2D eigenvalue weighted by Gasteiger charge is -2.24. The molecule has 6 heteroatoms. The maximum atomic E-state index is 12.9. The van der Waals surface area contributed by atoms with Crippen molar-refractivity contribution in [2.75, 3.05) is 20.7 Å². The quantitative estimate of drug-likeness (QED) is 0.774. The van der Waals surface area contributed by atoms with E-state index in [4.69, 9.17) is 4.74 Å². The Bertz CT molecular complexity index is 862. The van der Waals surface area contributed by atoms with Crippen LogP contribution in [0.5, 0.6) is 5.75 Å². The van der Waals surface area contributed by atoms with Crippen molar-refractivity contribution in [2.24, 2.45) is 5.10 Å². The van der Waals surface area contributed by atoms with Crippen molar-refractivity contribution in [3.63, 3.8) is 0 Å². The zero-order valence-corrected chi connectivity index (χ0v) is 16.5. The van der Waals surface area contributed by atoms with Gasteiger partial charge in [-0.1, -0.05) is 37.3 Å². The third-order valence-corrected chi connectivity index (χ3v) is 4.87. The third kappa shape index (κ3) is 4.22. The minimum absolute atomic E-state index is 0.00932. The molecule has 0 saturated carbocycles. The van der Waals surface area contributed by atoms with Gasteiger partial charge in [0.05, 0.1) is 18.9 Å². The van der Waals surface area contributed by atoms with Crippen LogP contribution in [0.4, 0.5) is 0 Å². The molecule has 2 aromatic carbocycles. The molecule has 1 unspecified atom stereocenters. The Kier molecular flexibility index (Phi) is 6.09. The fraction of sp³-hybridized carbons (Fsp3) is 0.318. The van der Waals surface area contributed by atoms with Crippen molar-refractivity contribution in [1.29, 1.82) is 0 Å². The predicted octanol–water partition coefficient (Wildman–Crippen LogP) is 3.24. The van der Waals surface area contributed by atoms with Gasteiger partial charge in [0.15, 0.2) is 0 Å². The molecule has 0 aromatic heterocycles. The Labute approximate surface area is 165 Å². The van der Waals surface area contributed by atoms with Crippen molar-refractivity contribution >= 4 is 17.5 Å². The van der Waals surface area contributed by atoms with Crippen molar-refractivity contribution in [1.82, 2.24) is 9.91 Å². The summed E-state index contributed by atoms with van der Waals surface area (Å²) in [5.41, 5.74) is 2.82. The summed E-state index contributed by atoms with van der Waals surface area (Å²) in [6.07, 6.45) is 0.986. The summed E-state index contributed by atoms with van der Waals surface area (Å²) in [5.74, 6) is 0.513. The van der Waals surface area contributed by atoms with E-state index in [9.17, 15) is 9.59 Å². The lowest BCUT2D eigenvalue weighted by Crippen LogP contribution is -2.38. The van der Waals surface area contributed by atoms with Crippen LogP contribution in [0.1, 0.15) is 36.9 Å². The summed E-state index contributed by atoms with van der Waals surface area (Å²) in [6.45, 7) is 1.79. The van der Waals surface area contributed by atoms with E-state index in [0.29, 0.717) is 12.8 Å². The summed E-state index contributed by atoms with van der Waals surface area (Å²) in [7, 11) is 3.27. The molecule has 146 valence electrons. The monoisotopic (exact) mass is 379 g/mol. The van der Waals surface area contributed by atoms with Gasteiger partial charge in [-0.25, -0.2) is 5.01 Å². The molecule has 3 rings (SSSR count). The summed E-state index contributed by atoms with van der Waals surface area (Å²) in [6, 6.07) is 17.3. The zero-order chi connectivity index (χ0) is 20.1. The smallest absolute Gasteiger partial charge is 0.262 e. The van der Waals surface area contributed by atoms with Gasteiger partial charge >= 0.3 is 0 Å². The average Bonchev–Trinajstić information content (AvgIpc) is 3.19. The molecule has 6 nitrogen and oxygen atoms in total. The van der Waals surface area contributed by atoms with E-state index < -0.39 is 0 Å². The fourth-order valence-corrected chi connectivity index (χ4v) is 3.27. The first-order chi connectivity index (χ1) is 13.5. The number of carbonyl (C=O) groups is 2. The molecule has 0 radical (unpaired) electrons. The van der Waals surface area contributed by atoms with Crippen molar-refractivity contribution in [3.8, 4) is 5.75 Å². The van der Waals surface area contributed by atoms with Crippen LogP contribution in [0.3, 0.4) is 0 Å². The molecule has 0 fully saturated rings. The topological polar surface area (TPSA) is 62.2 Å². The molecule has 1 atom stereocenters. The molecule has 0 aliphatic carbocycles. The molecule has 0 bridgehead atoms. The van der Waals surface area contributed by atoms with Gasteiger partial charge in [0, 0.05) is 19.9 Å². The molecule has 2 amide bonds. The van der Waals surface area contributed by atoms with Gasteiger partial charge in [-0.2, -0.15) is 5.10 Å². The minimum atomic E-state index is -0.193. The van der Waals surface area contributed by atoms with Crippen LogP contribution in [0, 0.1) is 0 Å². The summed E-state index contributed by atoms with van der Waals surface area (Å²) < 4.78 is 5.22. The number of benzene rings is 2. The maximum absolute atomic E-state index is 12.9. The second-order valence-electron chi connectivity index (χ2n) is 6.75. The van der Waals surface area contributed by atoms with Crippen molar-refractivity contribution in [3.05, 3.63) is 65.7 Å². The molecule has 1 heterocycles. The second kappa shape index (κ2) is 8.69. The molecule has 0 spiro atoms. The Balaban J connectivity index is 1.87. The first kappa shape index (κ1) is 19.6. The number of amides is 2. The highest BCUT2D eigenvalue weighted by molar-refractivity contribution is 6.03. The van der Waals surface area contributed by atoms with Crippen molar-refractivity contribution in [2.45, 2.75) is 25.8 Å². The van der Waals surface area contributed by atoms with E-state index in [0.717, 1.165) is 22.6 Å². The Hall–Kier alpha value is -3.15. The Morgan fingerprint density at radius 2 is 1.82 bits per heavy atom. The first-order valence-corrected chi connectivity index (χ1v) is 9.36. The van der Waals surface area contributed by atoms with E-state index >= 15 is 0 Å². The van der Waals surface area contributed by atoms with E-state index in [-0.39, 0.29) is 24.4 Å². The molecule has 0 N–H and O–H groups in total. The number of hydrogen-bond acceptors (Lipinski definition) is 4. The highest BCUT2D eigenvalue weighted by Crippen LogP contribution is 2.33. The van der Waals surface area contributed by atoms with E-state index in [1.807, 2.05) is 54.6 Å². The van der Waals surface area contributed by atoms with Gasteiger partial charge in [-0.3, -0.25) is 9.59 Å². The minimum Gasteiger partial charge on any atom is -0.497 e. The molecule has 2 aromatic rings. The average molecular weight is 379 g/mol. The SMILES string of the molecule is CCC(=O)N(C)CC(=O)N1N=C(c2ccc(OC)cc2)CC1c1ccccc1. The Morgan fingerprint density at radius 3 is 2.43 bits per heavy atom. The van der Waals surface area contributed by atoms with Crippen LogP contribution < -0.4 is 4.74 Å². The zero-order valence-electron chi connectivity index (χ0n) is 16.5. The molecular formula is C22H25N3O3.